The van der Waals surface area contributed by atoms with Crippen LogP contribution < -0.4 is 0 Å². The van der Waals surface area contributed by atoms with Gasteiger partial charge >= 0.3 is 0 Å². The fourth-order valence-corrected chi connectivity index (χ4v) is 4.08. The van der Waals surface area contributed by atoms with Crippen molar-refractivity contribution in [3.8, 4) is 5.75 Å². The van der Waals surface area contributed by atoms with Gasteiger partial charge in [-0.15, -0.1) is 0 Å². The quantitative estimate of drug-likeness (QED) is 0.636. The Morgan fingerprint density at radius 2 is 1.64 bits per heavy atom. The highest BCUT2D eigenvalue weighted by atomic mass is 35.5. The van der Waals surface area contributed by atoms with Crippen molar-refractivity contribution in [3.05, 3.63) is 57.6 Å². The number of fused-ring (bicyclic) bond motifs is 1. The minimum atomic E-state index is 0.266. The van der Waals surface area contributed by atoms with Crippen molar-refractivity contribution in [2.24, 2.45) is 4.99 Å². The van der Waals surface area contributed by atoms with Crippen molar-refractivity contribution in [2.45, 2.75) is 58.8 Å². The highest BCUT2D eigenvalue weighted by molar-refractivity contribution is 6.32. The van der Waals surface area contributed by atoms with E-state index in [0.29, 0.717) is 16.9 Å². The zero-order chi connectivity index (χ0) is 18.3. The lowest BCUT2D eigenvalue weighted by Gasteiger charge is -2.17. The van der Waals surface area contributed by atoms with Crippen molar-refractivity contribution in [1.82, 2.24) is 0 Å². The van der Waals surface area contributed by atoms with Gasteiger partial charge in [0.25, 0.3) is 0 Å². The molecule has 0 amide bonds. The molecule has 2 nitrogen and oxygen atoms in total. The molecule has 3 rings (SSSR count). The highest BCUT2D eigenvalue weighted by Crippen LogP contribution is 2.44. The lowest BCUT2D eigenvalue weighted by molar-refractivity contribution is 0.474. The predicted octanol–water partition coefficient (Wildman–Crippen LogP) is 6.92. The third kappa shape index (κ3) is 3.20. The van der Waals surface area contributed by atoms with Crippen LogP contribution in [0.3, 0.4) is 0 Å². The van der Waals surface area contributed by atoms with Gasteiger partial charge in [-0.1, -0.05) is 64.4 Å². The second kappa shape index (κ2) is 6.84. The van der Waals surface area contributed by atoms with Gasteiger partial charge in [0.05, 0.1) is 11.4 Å². The van der Waals surface area contributed by atoms with Gasteiger partial charge in [0, 0.05) is 10.6 Å². The third-order valence-corrected chi connectivity index (χ3v) is 5.37. The minimum absolute atomic E-state index is 0.266. The van der Waals surface area contributed by atoms with Crippen LogP contribution in [0.5, 0.6) is 5.75 Å². The second-order valence-corrected chi connectivity index (χ2v) is 8.02. The van der Waals surface area contributed by atoms with Gasteiger partial charge in [0.15, 0.2) is 0 Å². The Balaban J connectivity index is 2.24. The van der Waals surface area contributed by atoms with Crippen LogP contribution >= 0.6 is 11.6 Å². The largest absolute Gasteiger partial charge is 0.507 e. The molecule has 0 radical (unpaired) electrons. The van der Waals surface area contributed by atoms with Crippen LogP contribution in [0.2, 0.25) is 5.02 Å². The Labute approximate surface area is 155 Å². The molecular formula is C22H26ClNO. The molecule has 2 aromatic rings. The maximum atomic E-state index is 10.4. The molecule has 0 bridgehead atoms. The van der Waals surface area contributed by atoms with Gasteiger partial charge < -0.3 is 5.11 Å². The molecule has 2 aromatic carbocycles. The third-order valence-electron chi connectivity index (χ3n) is 5.04. The smallest absolute Gasteiger partial charge is 0.125 e. The normalized spacial score (nSPS) is 18.4. The summed E-state index contributed by atoms with van der Waals surface area (Å²) in [6.45, 7) is 10.9. The van der Waals surface area contributed by atoms with Gasteiger partial charge in [-0.25, -0.2) is 0 Å². The van der Waals surface area contributed by atoms with E-state index in [9.17, 15) is 5.11 Å². The zero-order valence-electron chi connectivity index (χ0n) is 15.6. The number of aromatic hydroxyl groups is 1. The number of para-hydroxylation sites is 1. The molecule has 1 unspecified atom stereocenters. The summed E-state index contributed by atoms with van der Waals surface area (Å²) in [4.78, 5) is 5.09. The van der Waals surface area contributed by atoms with E-state index in [1.54, 1.807) is 12.1 Å². The van der Waals surface area contributed by atoms with Crippen LogP contribution in [-0.4, -0.2) is 10.8 Å². The molecule has 1 aliphatic carbocycles. The van der Waals surface area contributed by atoms with Gasteiger partial charge in [-0.3, -0.25) is 4.99 Å². The van der Waals surface area contributed by atoms with Crippen molar-refractivity contribution in [2.75, 3.05) is 0 Å². The number of phenolic OH excluding ortho intramolecular Hbond substituents is 1. The van der Waals surface area contributed by atoms with E-state index < -0.39 is 0 Å². The van der Waals surface area contributed by atoms with Gasteiger partial charge in [-0.2, -0.15) is 0 Å². The first-order chi connectivity index (χ1) is 11.8. The fraction of sp³-hybridized carbons (Fsp3) is 0.409. The highest BCUT2D eigenvalue weighted by Gasteiger charge is 2.30. The average Bonchev–Trinajstić information content (AvgIpc) is 2.88. The average molecular weight is 356 g/mol. The van der Waals surface area contributed by atoms with E-state index in [1.165, 1.54) is 11.1 Å². The van der Waals surface area contributed by atoms with Gasteiger partial charge in [-0.05, 0) is 53.0 Å². The number of nitrogens with zero attached hydrogens (tertiary/aromatic N) is 1. The Kier molecular flexibility index (Phi) is 4.92. The van der Waals surface area contributed by atoms with Crippen LogP contribution in [0.15, 0.2) is 35.3 Å². The van der Waals surface area contributed by atoms with E-state index in [1.807, 2.05) is 0 Å². The maximum absolute atomic E-state index is 10.4. The van der Waals surface area contributed by atoms with Crippen LogP contribution in [0, 0.1) is 0 Å². The van der Waals surface area contributed by atoms with E-state index in [-0.39, 0.29) is 11.7 Å². The van der Waals surface area contributed by atoms with Crippen molar-refractivity contribution >= 4 is 23.0 Å². The molecule has 0 aromatic heterocycles. The second-order valence-electron chi connectivity index (χ2n) is 7.61. The summed E-state index contributed by atoms with van der Waals surface area (Å²) in [6, 6.07) is 9.89. The van der Waals surface area contributed by atoms with Crippen molar-refractivity contribution in [3.63, 3.8) is 0 Å². The zero-order valence-corrected chi connectivity index (χ0v) is 16.4. The SMILES string of the molecule is CC(C)c1cccc(C(C)C)c1N=C1CC(C)c2c(Cl)ccc(O)c21. The molecule has 0 spiro atoms. The number of aliphatic imine (C=N–C) groups is 1. The molecule has 0 saturated carbocycles. The van der Waals surface area contributed by atoms with E-state index in [0.717, 1.165) is 28.9 Å². The van der Waals surface area contributed by atoms with E-state index in [2.05, 4.69) is 52.8 Å². The van der Waals surface area contributed by atoms with E-state index in [4.69, 9.17) is 16.6 Å². The van der Waals surface area contributed by atoms with Crippen LogP contribution in [0.1, 0.15) is 81.0 Å². The molecule has 3 heteroatoms. The molecule has 1 aliphatic rings. The molecule has 1 N–H and O–H groups in total. The lowest BCUT2D eigenvalue weighted by Crippen LogP contribution is -2.00. The first kappa shape index (κ1) is 18.0. The Morgan fingerprint density at radius 3 is 2.20 bits per heavy atom. The summed E-state index contributed by atoms with van der Waals surface area (Å²) < 4.78 is 0. The van der Waals surface area contributed by atoms with Crippen molar-refractivity contribution in [1.29, 1.82) is 0 Å². The predicted molar refractivity (Wildman–Crippen MR) is 107 cm³/mol. The molecule has 132 valence electrons. The topological polar surface area (TPSA) is 32.6 Å². The minimum Gasteiger partial charge on any atom is -0.507 e. The standard InChI is InChI=1S/C22H26ClNO/c1-12(2)15-7-6-8-16(13(3)4)22(15)24-18-11-14(5)20-17(23)9-10-19(25)21(18)20/h6-10,12-14,25H,11H2,1-5H3. The maximum Gasteiger partial charge on any atom is 0.125 e. The fourth-order valence-electron chi connectivity index (χ4n) is 3.74. The molecule has 0 saturated heterocycles. The van der Waals surface area contributed by atoms with Crippen LogP contribution in [0.4, 0.5) is 5.69 Å². The van der Waals surface area contributed by atoms with Crippen LogP contribution in [-0.2, 0) is 0 Å². The van der Waals surface area contributed by atoms with Gasteiger partial charge in [0.1, 0.15) is 5.75 Å². The monoisotopic (exact) mass is 355 g/mol. The molecule has 1 atom stereocenters. The first-order valence-electron chi connectivity index (χ1n) is 9.03. The Morgan fingerprint density at radius 1 is 1.04 bits per heavy atom. The van der Waals surface area contributed by atoms with Gasteiger partial charge in [0.2, 0.25) is 0 Å². The lowest BCUT2D eigenvalue weighted by atomic mass is 9.92. The molecule has 25 heavy (non-hydrogen) atoms. The number of hydrogen-bond acceptors (Lipinski definition) is 2. The number of phenols is 1. The summed E-state index contributed by atoms with van der Waals surface area (Å²) in [5.41, 5.74) is 6.35. The summed E-state index contributed by atoms with van der Waals surface area (Å²) in [6.07, 6.45) is 0.802. The summed E-state index contributed by atoms with van der Waals surface area (Å²) in [5.74, 6) is 1.33. The summed E-state index contributed by atoms with van der Waals surface area (Å²) >= 11 is 6.40. The molecule has 0 fully saturated rings. The van der Waals surface area contributed by atoms with E-state index >= 15 is 0 Å². The molecular weight excluding hydrogens is 330 g/mol. The number of halogens is 1. The number of benzene rings is 2. The first-order valence-corrected chi connectivity index (χ1v) is 9.41. The number of rotatable bonds is 3. The number of hydrogen-bond donors (Lipinski definition) is 1. The summed E-state index contributed by atoms with van der Waals surface area (Å²) in [7, 11) is 0. The van der Waals surface area contributed by atoms with Crippen molar-refractivity contribution < 1.29 is 5.11 Å². The summed E-state index contributed by atoms with van der Waals surface area (Å²) in [5, 5.41) is 11.2. The molecule has 0 aliphatic heterocycles. The Hall–Kier alpha value is -1.80. The van der Waals surface area contributed by atoms with Crippen LogP contribution in [0.25, 0.3) is 0 Å². The molecule has 0 heterocycles. The Bertz CT molecular complexity index is 810.